The molecule has 4 rings (SSSR count). The summed E-state index contributed by atoms with van der Waals surface area (Å²) in [6.07, 6.45) is 2.99. The quantitative estimate of drug-likeness (QED) is 0.363. The minimum Gasteiger partial charge on any atom is -0.507 e. The lowest BCUT2D eigenvalue weighted by Crippen LogP contribution is -2.29. The Morgan fingerprint density at radius 1 is 0.794 bits per heavy atom. The number of benzene rings is 2. The van der Waals surface area contributed by atoms with Gasteiger partial charge in [0, 0.05) is 12.1 Å². The lowest BCUT2D eigenvalue weighted by atomic mass is 9.84. The van der Waals surface area contributed by atoms with Crippen molar-refractivity contribution >= 4 is 17.9 Å². The van der Waals surface area contributed by atoms with Crippen molar-refractivity contribution < 1.29 is 39.5 Å². The van der Waals surface area contributed by atoms with Crippen molar-refractivity contribution in [2.75, 3.05) is 0 Å². The summed E-state index contributed by atoms with van der Waals surface area (Å²) in [6.45, 7) is 1.55. The van der Waals surface area contributed by atoms with Crippen LogP contribution in [0.2, 0.25) is 0 Å². The van der Waals surface area contributed by atoms with E-state index in [1.165, 1.54) is 54.6 Å². The highest BCUT2D eigenvalue weighted by Crippen LogP contribution is 2.43. The minimum absolute atomic E-state index is 0.0199. The van der Waals surface area contributed by atoms with E-state index >= 15 is 0 Å². The summed E-state index contributed by atoms with van der Waals surface area (Å²) in [5, 5.41) is 49.1. The van der Waals surface area contributed by atoms with Crippen LogP contribution in [0.1, 0.15) is 41.4 Å². The van der Waals surface area contributed by atoms with Crippen LogP contribution in [0.15, 0.2) is 63.5 Å². The molecule has 9 heteroatoms. The lowest BCUT2D eigenvalue weighted by Gasteiger charge is -2.30. The molecule has 2 atom stereocenters. The molecule has 1 aliphatic rings. The standard InChI is InChI=1S/C25H20O9/c1-12-8-20(30)22(24(33-12)14-4-7-17(27)19(29)10-14)23-21(31)11-15(34-25(23)32)5-2-13-3-6-16(26)18(28)9-13/h2-11,22,24,26-29,31H,1H3/t22-,24-/m1/s1. The maximum absolute atomic E-state index is 12.9. The van der Waals surface area contributed by atoms with Gasteiger partial charge in [0.15, 0.2) is 28.8 Å². The van der Waals surface area contributed by atoms with E-state index in [-0.39, 0.29) is 34.3 Å². The Labute approximate surface area is 192 Å². The Kier molecular flexibility index (Phi) is 5.77. The highest BCUT2D eigenvalue weighted by atomic mass is 16.5. The first-order chi connectivity index (χ1) is 16.1. The van der Waals surface area contributed by atoms with E-state index in [1.54, 1.807) is 6.92 Å². The van der Waals surface area contributed by atoms with Gasteiger partial charge < -0.3 is 34.7 Å². The van der Waals surface area contributed by atoms with Crippen molar-refractivity contribution in [3.8, 4) is 28.7 Å². The van der Waals surface area contributed by atoms with Crippen LogP contribution >= 0.6 is 0 Å². The molecule has 1 aromatic heterocycles. The first-order valence-electron chi connectivity index (χ1n) is 10.1. The zero-order chi connectivity index (χ0) is 24.6. The summed E-state index contributed by atoms with van der Waals surface area (Å²) in [4.78, 5) is 25.7. The largest absolute Gasteiger partial charge is 0.507 e. The summed E-state index contributed by atoms with van der Waals surface area (Å²) < 4.78 is 11.1. The van der Waals surface area contributed by atoms with Gasteiger partial charge in [-0.3, -0.25) is 4.79 Å². The SMILES string of the molecule is CC1=CC(=O)[C@H](c2c(O)cc(C=Cc3ccc(O)c(O)c3)oc2=O)[C@@H](c2ccc(O)c(O)c2)O1. The van der Waals surface area contributed by atoms with Gasteiger partial charge >= 0.3 is 5.63 Å². The summed E-state index contributed by atoms with van der Waals surface area (Å²) in [7, 11) is 0. The number of hydrogen-bond donors (Lipinski definition) is 5. The molecular weight excluding hydrogens is 444 g/mol. The van der Waals surface area contributed by atoms with Gasteiger partial charge in [-0.2, -0.15) is 0 Å². The Morgan fingerprint density at radius 2 is 1.47 bits per heavy atom. The topological polar surface area (TPSA) is 158 Å². The van der Waals surface area contributed by atoms with Crippen LogP contribution in [0.25, 0.3) is 12.2 Å². The second-order valence-corrected chi connectivity index (χ2v) is 7.74. The van der Waals surface area contributed by atoms with Crippen molar-refractivity contribution in [3.63, 3.8) is 0 Å². The van der Waals surface area contributed by atoms with Crippen molar-refractivity contribution in [1.29, 1.82) is 0 Å². The number of phenols is 4. The molecule has 2 heterocycles. The van der Waals surface area contributed by atoms with Crippen LogP contribution in [0, 0.1) is 0 Å². The summed E-state index contributed by atoms with van der Waals surface area (Å²) in [6, 6.07) is 9.13. The van der Waals surface area contributed by atoms with Gasteiger partial charge in [0.2, 0.25) is 0 Å². The molecule has 174 valence electrons. The van der Waals surface area contributed by atoms with E-state index in [1.807, 2.05) is 0 Å². The molecule has 9 nitrogen and oxygen atoms in total. The van der Waals surface area contributed by atoms with Crippen molar-refractivity contribution in [2.45, 2.75) is 18.9 Å². The number of ether oxygens (including phenoxy) is 1. The molecular formula is C25H20O9. The van der Waals surface area contributed by atoms with Gasteiger partial charge in [0.1, 0.15) is 17.6 Å². The fraction of sp³-hybridized carbons (Fsp3) is 0.120. The fourth-order valence-electron chi connectivity index (χ4n) is 3.71. The summed E-state index contributed by atoms with van der Waals surface area (Å²) in [5.74, 6) is -3.42. The number of ketones is 1. The van der Waals surface area contributed by atoms with Crippen molar-refractivity contribution in [1.82, 2.24) is 0 Å². The Bertz CT molecular complexity index is 1400. The molecule has 2 aromatic carbocycles. The molecule has 1 aliphatic heterocycles. The number of carbonyl (C=O) groups is 1. The van der Waals surface area contributed by atoms with Crippen LogP contribution in [-0.4, -0.2) is 31.3 Å². The molecule has 0 saturated carbocycles. The first kappa shape index (κ1) is 22.5. The third-order valence-electron chi connectivity index (χ3n) is 5.33. The number of rotatable bonds is 4. The monoisotopic (exact) mass is 464 g/mol. The Balaban J connectivity index is 1.73. The number of phenolic OH excluding ortho intramolecular Hbond substituents is 4. The van der Waals surface area contributed by atoms with E-state index in [0.717, 1.165) is 6.07 Å². The van der Waals surface area contributed by atoms with Gasteiger partial charge in [0.25, 0.3) is 0 Å². The van der Waals surface area contributed by atoms with Gasteiger partial charge in [-0.05, 0) is 48.4 Å². The molecule has 0 radical (unpaired) electrons. The second kappa shape index (κ2) is 8.70. The predicted octanol–water partition coefficient (Wildman–Crippen LogP) is 3.67. The van der Waals surface area contributed by atoms with Gasteiger partial charge in [-0.1, -0.05) is 18.2 Å². The zero-order valence-electron chi connectivity index (χ0n) is 17.8. The Morgan fingerprint density at radius 3 is 2.12 bits per heavy atom. The third kappa shape index (κ3) is 4.31. The van der Waals surface area contributed by atoms with Crippen LogP contribution in [-0.2, 0) is 9.53 Å². The average molecular weight is 464 g/mol. The predicted molar refractivity (Wildman–Crippen MR) is 120 cm³/mol. The molecule has 3 aromatic rings. The molecule has 0 aliphatic carbocycles. The lowest BCUT2D eigenvalue weighted by molar-refractivity contribution is -0.121. The fourth-order valence-corrected chi connectivity index (χ4v) is 3.71. The minimum atomic E-state index is -1.27. The van der Waals surface area contributed by atoms with Crippen LogP contribution < -0.4 is 5.63 Å². The van der Waals surface area contributed by atoms with Gasteiger partial charge in [-0.15, -0.1) is 0 Å². The van der Waals surface area contributed by atoms with Gasteiger partial charge in [0.05, 0.1) is 17.2 Å². The van der Waals surface area contributed by atoms with E-state index in [2.05, 4.69) is 0 Å². The zero-order valence-corrected chi connectivity index (χ0v) is 17.8. The molecule has 0 fully saturated rings. The highest BCUT2D eigenvalue weighted by Gasteiger charge is 2.39. The normalized spacial score (nSPS) is 18.0. The van der Waals surface area contributed by atoms with E-state index in [9.17, 15) is 35.1 Å². The molecule has 0 unspecified atom stereocenters. The molecule has 34 heavy (non-hydrogen) atoms. The average Bonchev–Trinajstić information content (AvgIpc) is 2.77. The molecule has 0 spiro atoms. The maximum Gasteiger partial charge on any atom is 0.344 e. The molecule has 5 N–H and O–H groups in total. The number of allylic oxidation sites excluding steroid dienone is 2. The molecule has 0 saturated heterocycles. The van der Waals surface area contributed by atoms with Crippen LogP contribution in [0.5, 0.6) is 28.7 Å². The highest BCUT2D eigenvalue weighted by molar-refractivity contribution is 5.97. The number of aromatic hydroxyl groups is 5. The van der Waals surface area contributed by atoms with Gasteiger partial charge in [-0.25, -0.2) is 4.79 Å². The third-order valence-corrected chi connectivity index (χ3v) is 5.33. The van der Waals surface area contributed by atoms with E-state index in [4.69, 9.17) is 9.15 Å². The maximum atomic E-state index is 12.9. The number of hydrogen-bond acceptors (Lipinski definition) is 9. The van der Waals surface area contributed by atoms with Crippen LogP contribution in [0.4, 0.5) is 0 Å². The number of carbonyl (C=O) groups excluding carboxylic acids is 1. The van der Waals surface area contributed by atoms with E-state index < -0.39 is 34.9 Å². The molecule has 0 amide bonds. The van der Waals surface area contributed by atoms with Crippen molar-refractivity contribution in [3.05, 3.63) is 87.2 Å². The Hall–Kier alpha value is -4.66. The first-order valence-corrected chi connectivity index (χ1v) is 10.1. The summed E-state index contributed by atoms with van der Waals surface area (Å²) >= 11 is 0. The van der Waals surface area contributed by atoms with Crippen LogP contribution in [0.3, 0.4) is 0 Å². The summed E-state index contributed by atoms with van der Waals surface area (Å²) in [5.41, 5.74) is -0.483. The smallest absolute Gasteiger partial charge is 0.344 e. The molecule has 0 bridgehead atoms. The van der Waals surface area contributed by atoms with E-state index in [0.29, 0.717) is 11.1 Å². The second-order valence-electron chi connectivity index (χ2n) is 7.74. The van der Waals surface area contributed by atoms with Crippen molar-refractivity contribution in [2.24, 2.45) is 0 Å².